The summed E-state index contributed by atoms with van der Waals surface area (Å²) in [5, 5.41) is 9.64. The fraction of sp³-hybridized carbons (Fsp3) is 0.0714. The number of ether oxygens (including phenoxy) is 1. The van der Waals surface area contributed by atoms with Crippen LogP contribution in [-0.4, -0.2) is 17.7 Å². The summed E-state index contributed by atoms with van der Waals surface area (Å²) in [6, 6.07) is 12.2. The number of rotatable bonds is 4. The van der Waals surface area contributed by atoms with E-state index in [0.29, 0.717) is 15.8 Å². The summed E-state index contributed by atoms with van der Waals surface area (Å²) in [5.74, 6) is -0.535. The van der Waals surface area contributed by atoms with Crippen molar-refractivity contribution in [3.8, 4) is 16.9 Å². The van der Waals surface area contributed by atoms with Gasteiger partial charge >= 0.3 is 5.97 Å². The molecule has 2 aromatic carbocycles. The maximum Gasteiger partial charge on any atom is 0.341 e. The Balaban J connectivity index is 2.25. The molecule has 0 aliphatic heterocycles. The number of aliphatic carboxylic acids is 1. The number of carbonyl (C=O) groups is 1. The van der Waals surface area contributed by atoms with Crippen molar-refractivity contribution in [3.63, 3.8) is 0 Å². The molecule has 0 saturated heterocycles. The van der Waals surface area contributed by atoms with Gasteiger partial charge in [0.15, 0.2) is 6.61 Å². The zero-order chi connectivity index (χ0) is 13.8. The van der Waals surface area contributed by atoms with Crippen LogP contribution >= 0.6 is 23.2 Å². The zero-order valence-corrected chi connectivity index (χ0v) is 11.3. The van der Waals surface area contributed by atoms with Crippen LogP contribution < -0.4 is 4.74 Å². The van der Waals surface area contributed by atoms with Crippen molar-refractivity contribution in [2.75, 3.05) is 6.61 Å². The number of carboxylic acids is 1. The molecule has 0 atom stereocenters. The Hall–Kier alpha value is -1.71. The number of carboxylic acid groups (broad SMARTS) is 1. The van der Waals surface area contributed by atoms with Gasteiger partial charge < -0.3 is 9.84 Å². The van der Waals surface area contributed by atoms with Crippen LogP contribution in [0.25, 0.3) is 11.1 Å². The van der Waals surface area contributed by atoms with Crippen molar-refractivity contribution in [1.29, 1.82) is 0 Å². The van der Waals surface area contributed by atoms with E-state index in [1.807, 2.05) is 0 Å². The van der Waals surface area contributed by atoms with E-state index in [1.54, 1.807) is 42.5 Å². The zero-order valence-electron chi connectivity index (χ0n) is 9.77. The van der Waals surface area contributed by atoms with Crippen molar-refractivity contribution >= 4 is 29.2 Å². The second-order valence-electron chi connectivity index (χ2n) is 3.80. The van der Waals surface area contributed by atoms with Crippen molar-refractivity contribution < 1.29 is 14.6 Å². The normalized spacial score (nSPS) is 10.2. The standard InChI is InChI=1S/C14H10Cl2O3/c15-11-2-1-3-12(16)14(11)9-4-6-10(7-5-9)19-8-13(17)18/h1-7H,8H2,(H,17,18). The third-order valence-electron chi connectivity index (χ3n) is 2.47. The first-order valence-electron chi connectivity index (χ1n) is 5.47. The maximum absolute atomic E-state index is 10.4. The molecule has 0 aromatic heterocycles. The van der Waals surface area contributed by atoms with Crippen molar-refractivity contribution in [3.05, 3.63) is 52.5 Å². The van der Waals surface area contributed by atoms with Gasteiger partial charge in [0.05, 0.1) is 0 Å². The number of hydrogen-bond acceptors (Lipinski definition) is 2. The number of hydrogen-bond donors (Lipinski definition) is 1. The predicted octanol–water partition coefficient (Wildman–Crippen LogP) is 4.12. The highest BCUT2D eigenvalue weighted by Crippen LogP contribution is 2.35. The minimum absolute atomic E-state index is 0.369. The van der Waals surface area contributed by atoms with Gasteiger partial charge in [-0.15, -0.1) is 0 Å². The molecule has 0 aliphatic rings. The molecule has 0 heterocycles. The molecule has 3 nitrogen and oxygen atoms in total. The average Bonchev–Trinajstić information content (AvgIpc) is 2.37. The van der Waals surface area contributed by atoms with Gasteiger partial charge in [-0.05, 0) is 29.8 Å². The first-order valence-corrected chi connectivity index (χ1v) is 6.22. The summed E-state index contributed by atoms with van der Waals surface area (Å²) in [6.45, 7) is -0.369. The first-order chi connectivity index (χ1) is 9.08. The Kier molecular flexibility index (Phi) is 4.30. The van der Waals surface area contributed by atoms with Gasteiger partial charge in [-0.2, -0.15) is 0 Å². The monoisotopic (exact) mass is 296 g/mol. The smallest absolute Gasteiger partial charge is 0.341 e. The fourth-order valence-corrected chi connectivity index (χ4v) is 2.25. The Morgan fingerprint density at radius 3 is 2.16 bits per heavy atom. The Morgan fingerprint density at radius 1 is 1.05 bits per heavy atom. The molecule has 0 amide bonds. The quantitative estimate of drug-likeness (QED) is 0.923. The van der Waals surface area contributed by atoms with E-state index < -0.39 is 5.97 Å². The summed E-state index contributed by atoms with van der Waals surface area (Å²) in [5.41, 5.74) is 1.59. The first kappa shape index (κ1) is 13.7. The molecule has 0 radical (unpaired) electrons. The van der Waals surface area contributed by atoms with Crippen LogP contribution in [0.15, 0.2) is 42.5 Å². The highest BCUT2D eigenvalue weighted by atomic mass is 35.5. The van der Waals surface area contributed by atoms with Crippen molar-refractivity contribution in [2.24, 2.45) is 0 Å². The van der Waals surface area contributed by atoms with E-state index in [4.69, 9.17) is 33.0 Å². The molecule has 0 unspecified atom stereocenters. The molecule has 2 rings (SSSR count). The van der Waals surface area contributed by atoms with Gasteiger partial charge in [-0.1, -0.05) is 41.4 Å². The summed E-state index contributed by atoms with van der Waals surface area (Å²) >= 11 is 12.2. The molecule has 0 aliphatic carbocycles. The van der Waals surface area contributed by atoms with E-state index in [1.165, 1.54) is 0 Å². The number of benzene rings is 2. The Morgan fingerprint density at radius 2 is 1.63 bits per heavy atom. The van der Waals surface area contributed by atoms with Crippen LogP contribution in [0.5, 0.6) is 5.75 Å². The second kappa shape index (κ2) is 5.95. The van der Waals surface area contributed by atoms with Crippen LogP contribution in [0, 0.1) is 0 Å². The highest BCUT2D eigenvalue weighted by molar-refractivity contribution is 6.39. The van der Waals surface area contributed by atoms with E-state index >= 15 is 0 Å². The molecular formula is C14H10Cl2O3. The van der Waals surface area contributed by atoms with Crippen LogP contribution in [0.2, 0.25) is 10.0 Å². The SMILES string of the molecule is O=C(O)COc1ccc(-c2c(Cl)cccc2Cl)cc1. The van der Waals surface area contributed by atoms with Crippen LogP contribution in [0.1, 0.15) is 0 Å². The van der Waals surface area contributed by atoms with Gasteiger partial charge in [0.1, 0.15) is 5.75 Å². The maximum atomic E-state index is 10.4. The van der Waals surface area contributed by atoms with Gasteiger partial charge in [0, 0.05) is 15.6 Å². The molecular weight excluding hydrogens is 287 g/mol. The molecule has 5 heteroatoms. The van der Waals surface area contributed by atoms with Crippen molar-refractivity contribution in [2.45, 2.75) is 0 Å². The third-order valence-corrected chi connectivity index (χ3v) is 3.10. The van der Waals surface area contributed by atoms with Gasteiger partial charge in [0.25, 0.3) is 0 Å². The Bertz CT molecular complexity index is 574. The van der Waals surface area contributed by atoms with Gasteiger partial charge in [-0.25, -0.2) is 4.79 Å². The fourth-order valence-electron chi connectivity index (χ4n) is 1.64. The summed E-state index contributed by atoms with van der Waals surface area (Å²) in [7, 11) is 0. The van der Waals surface area contributed by atoms with E-state index in [0.717, 1.165) is 11.1 Å². The lowest BCUT2D eigenvalue weighted by Gasteiger charge is -2.08. The Labute approximate surface area is 120 Å². The second-order valence-corrected chi connectivity index (χ2v) is 4.62. The average molecular weight is 297 g/mol. The minimum atomic E-state index is -1.02. The third kappa shape index (κ3) is 3.40. The van der Waals surface area contributed by atoms with E-state index in [2.05, 4.69) is 0 Å². The van der Waals surface area contributed by atoms with E-state index in [9.17, 15) is 4.79 Å². The molecule has 19 heavy (non-hydrogen) atoms. The summed E-state index contributed by atoms with van der Waals surface area (Å²) < 4.78 is 5.05. The molecule has 0 fully saturated rings. The lowest BCUT2D eigenvalue weighted by Crippen LogP contribution is -2.09. The molecule has 0 saturated carbocycles. The lowest BCUT2D eigenvalue weighted by atomic mass is 10.1. The van der Waals surface area contributed by atoms with Gasteiger partial charge in [-0.3, -0.25) is 0 Å². The van der Waals surface area contributed by atoms with Crippen LogP contribution in [-0.2, 0) is 4.79 Å². The highest BCUT2D eigenvalue weighted by Gasteiger charge is 2.08. The largest absolute Gasteiger partial charge is 0.482 e. The lowest BCUT2D eigenvalue weighted by molar-refractivity contribution is -0.139. The topological polar surface area (TPSA) is 46.5 Å². The molecule has 2 aromatic rings. The molecule has 0 spiro atoms. The summed E-state index contributed by atoms with van der Waals surface area (Å²) in [4.78, 5) is 10.4. The molecule has 1 N–H and O–H groups in total. The summed E-state index contributed by atoms with van der Waals surface area (Å²) in [6.07, 6.45) is 0. The van der Waals surface area contributed by atoms with Crippen molar-refractivity contribution in [1.82, 2.24) is 0 Å². The minimum Gasteiger partial charge on any atom is -0.482 e. The van der Waals surface area contributed by atoms with Crippen LogP contribution in [0.4, 0.5) is 0 Å². The number of halogens is 2. The molecule has 98 valence electrons. The van der Waals surface area contributed by atoms with Crippen LogP contribution in [0.3, 0.4) is 0 Å². The predicted molar refractivity (Wildman–Crippen MR) is 75.0 cm³/mol. The van der Waals surface area contributed by atoms with E-state index in [-0.39, 0.29) is 6.61 Å². The molecule has 0 bridgehead atoms. The van der Waals surface area contributed by atoms with Gasteiger partial charge in [0.2, 0.25) is 0 Å².